The normalized spacial score (nSPS) is 10.2. The Bertz CT molecular complexity index is 1020. The molecule has 7 nitrogen and oxygen atoms in total. The Morgan fingerprint density at radius 3 is 2.21 bits per heavy atom. The average Bonchev–Trinajstić information content (AvgIpc) is 3.17. The van der Waals surface area contributed by atoms with Gasteiger partial charge in [0, 0.05) is 21.7 Å². The fourth-order valence-corrected chi connectivity index (χ4v) is 3.02. The first-order valence-corrected chi connectivity index (χ1v) is 9.24. The Balaban J connectivity index is 1.63. The van der Waals surface area contributed by atoms with Crippen LogP contribution in [0.2, 0.25) is 5.02 Å². The van der Waals surface area contributed by atoms with Crippen molar-refractivity contribution in [2.75, 3.05) is 17.7 Å². The van der Waals surface area contributed by atoms with E-state index in [0.717, 1.165) is 11.3 Å². The third-order valence-electron chi connectivity index (χ3n) is 3.63. The van der Waals surface area contributed by atoms with Crippen molar-refractivity contribution in [3.8, 4) is 0 Å². The Hall–Kier alpha value is -3.23. The first-order valence-electron chi connectivity index (χ1n) is 7.98. The Morgan fingerprint density at radius 2 is 1.57 bits per heavy atom. The molecule has 2 N–H and O–H groups in total. The van der Waals surface area contributed by atoms with Crippen molar-refractivity contribution < 1.29 is 19.1 Å². The highest BCUT2D eigenvalue weighted by atomic mass is 35.5. The minimum atomic E-state index is -0.460. The highest BCUT2D eigenvalue weighted by Gasteiger charge is 2.14. The van der Waals surface area contributed by atoms with Crippen molar-refractivity contribution in [3.05, 3.63) is 75.8 Å². The molecule has 28 heavy (non-hydrogen) atoms. The third kappa shape index (κ3) is 4.73. The topological polar surface area (TPSA) is 97.4 Å². The summed E-state index contributed by atoms with van der Waals surface area (Å²) < 4.78 is 4.62. The molecule has 0 saturated heterocycles. The molecule has 0 aliphatic heterocycles. The zero-order chi connectivity index (χ0) is 20.1. The van der Waals surface area contributed by atoms with Crippen LogP contribution in [0.15, 0.2) is 53.9 Å². The second-order valence-electron chi connectivity index (χ2n) is 5.52. The molecule has 0 bridgehead atoms. The molecule has 1 aromatic heterocycles. The van der Waals surface area contributed by atoms with E-state index in [1.807, 2.05) is 0 Å². The molecule has 2 aromatic carbocycles. The minimum Gasteiger partial charge on any atom is -0.465 e. The zero-order valence-corrected chi connectivity index (χ0v) is 16.1. The van der Waals surface area contributed by atoms with Crippen LogP contribution in [-0.2, 0) is 4.74 Å². The average molecular weight is 416 g/mol. The van der Waals surface area contributed by atoms with Gasteiger partial charge >= 0.3 is 5.97 Å². The molecule has 9 heteroatoms. The summed E-state index contributed by atoms with van der Waals surface area (Å²) in [5.74, 6) is -1.25. The SMILES string of the molecule is COC(=O)c1ccc(NC(=O)c2csc(NC(=O)c3ccc(Cl)cc3)n2)cc1. The van der Waals surface area contributed by atoms with Gasteiger partial charge in [-0.25, -0.2) is 9.78 Å². The van der Waals surface area contributed by atoms with Crippen LogP contribution in [0.25, 0.3) is 0 Å². The lowest BCUT2D eigenvalue weighted by molar-refractivity contribution is 0.0600. The maximum absolute atomic E-state index is 12.3. The maximum atomic E-state index is 12.3. The number of halogens is 1. The Kier molecular flexibility index (Phi) is 6.03. The summed E-state index contributed by atoms with van der Waals surface area (Å²) in [5.41, 5.74) is 1.46. The van der Waals surface area contributed by atoms with Gasteiger partial charge in [0.25, 0.3) is 11.8 Å². The largest absolute Gasteiger partial charge is 0.465 e. The van der Waals surface area contributed by atoms with E-state index < -0.39 is 11.9 Å². The number of hydrogen-bond acceptors (Lipinski definition) is 6. The molecule has 0 saturated carbocycles. The van der Waals surface area contributed by atoms with Gasteiger partial charge in [0.05, 0.1) is 12.7 Å². The molecule has 0 aliphatic rings. The summed E-state index contributed by atoms with van der Waals surface area (Å²) in [7, 11) is 1.30. The van der Waals surface area contributed by atoms with Gasteiger partial charge in [0.2, 0.25) is 0 Å². The molecule has 0 aliphatic carbocycles. The number of hydrogen-bond donors (Lipinski definition) is 2. The van der Waals surface area contributed by atoms with Crippen molar-refractivity contribution in [2.45, 2.75) is 0 Å². The van der Waals surface area contributed by atoms with Crippen LogP contribution in [0.3, 0.4) is 0 Å². The summed E-state index contributed by atoms with van der Waals surface area (Å²) in [4.78, 5) is 40.0. The summed E-state index contributed by atoms with van der Waals surface area (Å²) in [5, 5.41) is 7.68. The molecule has 2 amide bonds. The van der Waals surface area contributed by atoms with E-state index in [0.29, 0.717) is 27.0 Å². The van der Waals surface area contributed by atoms with Gasteiger partial charge in [0.15, 0.2) is 5.13 Å². The van der Waals surface area contributed by atoms with Crippen LogP contribution in [0, 0.1) is 0 Å². The first kappa shape index (κ1) is 19.5. The van der Waals surface area contributed by atoms with Crippen molar-refractivity contribution in [3.63, 3.8) is 0 Å². The van der Waals surface area contributed by atoms with E-state index in [1.54, 1.807) is 48.5 Å². The molecule has 0 spiro atoms. The number of aromatic nitrogens is 1. The van der Waals surface area contributed by atoms with E-state index >= 15 is 0 Å². The fraction of sp³-hybridized carbons (Fsp3) is 0.0526. The predicted octanol–water partition coefficient (Wildman–Crippen LogP) is 4.09. The van der Waals surface area contributed by atoms with Crippen molar-refractivity contribution in [2.24, 2.45) is 0 Å². The summed E-state index contributed by atoms with van der Waals surface area (Å²) in [6.45, 7) is 0. The number of nitrogens with one attached hydrogen (secondary N) is 2. The van der Waals surface area contributed by atoms with Gasteiger partial charge in [-0.2, -0.15) is 0 Å². The molecule has 142 valence electrons. The van der Waals surface area contributed by atoms with Gasteiger partial charge in [-0.1, -0.05) is 11.6 Å². The van der Waals surface area contributed by atoms with Crippen LogP contribution in [0.4, 0.5) is 10.8 Å². The molecule has 0 fully saturated rings. The predicted molar refractivity (Wildman–Crippen MR) is 107 cm³/mol. The lowest BCUT2D eigenvalue weighted by Gasteiger charge is -2.04. The van der Waals surface area contributed by atoms with Crippen LogP contribution >= 0.6 is 22.9 Å². The standard InChI is InChI=1S/C19H14ClN3O4S/c1-27-18(26)12-4-8-14(9-5-12)21-17(25)15-10-28-19(22-15)23-16(24)11-2-6-13(20)7-3-11/h2-10H,1H3,(H,21,25)(H,22,23,24). The number of methoxy groups -OCH3 is 1. The second kappa shape index (κ2) is 8.64. The first-order chi connectivity index (χ1) is 13.5. The fourth-order valence-electron chi connectivity index (χ4n) is 2.21. The van der Waals surface area contributed by atoms with Crippen LogP contribution in [0.1, 0.15) is 31.2 Å². The highest BCUT2D eigenvalue weighted by molar-refractivity contribution is 7.14. The van der Waals surface area contributed by atoms with Crippen LogP contribution in [0.5, 0.6) is 0 Å². The van der Waals surface area contributed by atoms with E-state index in [2.05, 4.69) is 20.4 Å². The molecule has 0 radical (unpaired) electrons. The van der Waals surface area contributed by atoms with E-state index in [9.17, 15) is 14.4 Å². The number of carbonyl (C=O) groups is 3. The van der Waals surface area contributed by atoms with E-state index in [4.69, 9.17) is 11.6 Å². The quantitative estimate of drug-likeness (QED) is 0.612. The van der Waals surface area contributed by atoms with Gasteiger partial charge in [0.1, 0.15) is 5.69 Å². The maximum Gasteiger partial charge on any atom is 0.337 e. The number of rotatable bonds is 5. The smallest absolute Gasteiger partial charge is 0.337 e. The highest BCUT2D eigenvalue weighted by Crippen LogP contribution is 2.19. The van der Waals surface area contributed by atoms with Gasteiger partial charge < -0.3 is 10.1 Å². The molecular formula is C19H14ClN3O4S. The Morgan fingerprint density at radius 1 is 0.929 bits per heavy atom. The number of esters is 1. The van der Waals surface area contributed by atoms with Crippen LogP contribution in [-0.4, -0.2) is 29.9 Å². The van der Waals surface area contributed by atoms with Crippen LogP contribution < -0.4 is 10.6 Å². The van der Waals surface area contributed by atoms with Gasteiger partial charge in [-0.15, -0.1) is 11.3 Å². The van der Waals surface area contributed by atoms with E-state index in [1.165, 1.54) is 12.5 Å². The van der Waals surface area contributed by atoms with Gasteiger partial charge in [-0.05, 0) is 48.5 Å². The number of thiazole rings is 1. The third-order valence-corrected chi connectivity index (χ3v) is 4.64. The van der Waals surface area contributed by atoms with Crippen molar-refractivity contribution in [1.29, 1.82) is 0 Å². The number of carbonyl (C=O) groups excluding carboxylic acids is 3. The number of ether oxygens (including phenoxy) is 1. The molecule has 3 rings (SSSR count). The second-order valence-corrected chi connectivity index (χ2v) is 6.82. The minimum absolute atomic E-state index is 0.161. The molecule has 0 atom stereocenters. The summed E-state index contributed by atoms with van der Waals surface area (Å²) in [6.07, 6.45) is 0. The lowest BCUT2D eigenvalue weighted by Crippen LogP contribution is -2.14. The van der Waals surface area contributed by atoms with E-state index in [-0.39, 0.29) is 11.6 Å². The van der Waals surface area contributed by atoms with Crippen molar-refractivity contribution >= 4 is 51.5 Å². The monoisotopic (exact) mass is 415 g/mol. The zero-order valence-electron chi connectivity index (χ0n) is 14.6. The molecule has 3 aromatic rings. The number of nitrogens with zero attached hydrogens (tertiary/aromatic N) is 1. The number of benzene rings is 2. The molecule has 1 heterocycles. The van der Waals surface area contributed by atoms with Crippen molar-refractivity contribution in [1.82, 2.24) is 4.98 Å². The lowest BCUT2D eigenvalue weighted by atomic mass is 10.2. The Labute approximate surface area is 169 Å². The molecule has 0 unspecified atom stereocenters. The van der Waals surface area contributed by atoms with Gasteiger partial charge in [-0.3, -0.25) is 14.9 Å². The number of anilines is 2. The molecular weight excluding hydrogens is 402 g/mol. The number of amides is 2. The summed E-state index contributed by atoms with van der Waals surface area (Å²) >= 11 is 6.94. The summed E-state index contributed by atoms with van der Waals surface area (Å²) in [6, 6.07) is 12.7.